The van der Waals surface area contributed by atoms with Crippen molar-refractivity contribution in [3.63, 3.8) is 0 Å². The fourth-order valence-corrected chi connectivity index (χ4v) is 2.55. The summed E-state index contributed by atoms with van der Waals surface area (Å²) in [7, 11) is 1.31. The van der Waals surface area contributed by atoms with Crippen LogP contribution in [-0.2, 0) is 16.0 Å². The second-order valence-corrected chi connectivity index (χ2v) is 5.89. The van der Waals surface area contributed by atoms with Gasteiger partial charge in [-0.15, -0.1) is 0 Å². The van der Waals surface area contributed by atoms with Crippen molar-refractivity contribution in [3.05, 3.63) is 77.8 Å². The first-order valence-electron chi connectivity index (χ1n) is 8.38. The van der Waals surface area contributed by atoms with Crippen LogP contribution < -0.4 is 5.32 Å². The zero-order valence-corrected chi connectivity index (χ0v) is 14.7. The first-order valence-corrected chi connectivity index (χ1v) is 8.38. The van der Waals surface area contributed by atoms with E-state index >= 15 is 0 Å². The molecule has 0 spiro atoms. The average molecular weight is 367 g/mol. The Balaban J connectivity index is 1.53. The standard InChI is InChI=1S/C21H18FNO4/c1-26-21(25)15-4-8-17(9-5-15)23-20(24)13-11-18-10-12-19(27-18)14-2-6-16(22)7-3-14/h2-10,12H,11,13H2,1H3,(H,23,24). The Morgan fingerprint density at radius 2 is 1.70 bits per heavy atom. The zero-order valence-electron chi connectivity index (χ0n) is 14.7. The van der Waals surface area contributed by atoms with E-state index in [9.17, 15) is 14.0 Å². The molecule has 0 aliphatic rings. The lowest BCUT2D eigenvalue weighted by Crippen LogP contribution is -2.12. The number of benzene rings is 2. The number of anilines is 1. The van der Waals surface area contributed by atoms with Crippen molar-refractivity contribution in [2.24, 2.45) is 0 Å². The van der Waals surface area contributed by atoms with E-state index in [1.165, 1.54) is 19.2 Å². The minimum Gasteiger partial charge on any atom is -0.465 e. The van der Waals surface area contributed by atoms with Gasteiger partial charge in [0.05, 0.1) is 12.7 Å². The zero-order chi connectivity index (χ0) is 19.2. The van der Waals surface area contributed by atoms with Crippen LogP contribution in [0.15, 0.2) is 65.1 Å². The smallest absolute Gasteiger partial charge is 0.337 e. The van der Waals surface area contributed by atoms with Gasteiger partial charge in [0.15, 0.2) is 0 Å². The highest BCUT2D eigenvalue weighted by molar-refractivity contribution is 5.93. The highest BCUT2D eigenvalue weighted by atomic mass is 19.1. The third kappa shape index (κ3) is 4.82. The Labute approximate surface area is 155 Å². The molecule has 0 aliphatic carbocycles. The molecular weight excluding hydrogens is 349 g/mol. The molecule has 0 atom stereocenters. The van der Waals surface area contributed by atoms with Gasteiger partial charge in [-0.05, 0) is 60.7 Å². The Morgan fingerprint density at radius 3 is 2.37 bits per heavy atom. The number of carbonyl (C=O) groups is 2. The molecule has 6 heteroatoms. The Bertz CT molecular complexity index is 930. The summed E-state index contributed by atoms with van der Waals surface area (Å²) in [6, 6.07) is 16.1. The molecule has 2 aromatic carbocycles. The molecule has 138 valence electrons. The fourth-order valence-electron chi connectivity index (χ4n) is 2.55. The van der Waals surface area contributed by atoms with E-state index in [1.54, 1.807) is 48.5 Å². The van der Waals surface area contributed by atoms with Gasteiger partial charge in [-0.25, -0.2) is 9.18 Å². The molecule has 5 nitrogen and oxygen atoms in total. The maximum absolute atomic E-state index is 13.0. The van der Waals surface area contributed by atoms with E-state index in [0.29, 0.717) is 29.2 Å². The van der Waals surface area contributed by atoms with Gasteiger partial charge in [-0.1, -0.05) is 0 Å². The van der Waals surface area contributed by atoms with Crippen LogP contribution in [0, 0.1) is 5.82 Å². The number of aryl methyl sites for hydroxylation is 1. The second-order valence-electron chi connectivity index (χ2n) is 5.89. The maximum atomic E-state index is 13.0. The van der Waals surface area contributed by atoms with Crippen LogP contribution in [0.4, 0.5) is 10.1 Å². The number of furan rings is 1. The third-order valence-corrected chi connectivity index (χ3v) is 3.98. The largest absolute Gasteiger partial charge is 0.465 e. The molecule has 3 aromatic rings. The van der Waals surface area contributed by atoms with Crippen LogP contribution in [0.5, 0.6) is 0 Å². The molecule has 0 bridgehead atoms. The average Bonchev–Trinajstić information content (AvgIpc) is 3.16. The summed E-state index contributed by atoms with van der Waals surface area (Å²) in [4.78, 5) is 23.5. The van der Waals surface area contributed by atoms with Crippen LogP contribution in [0.2, 0.25) is 0 Å². The lowest BCUT2D eigenvalue weighted by molar-refractivity contribution is -0.116. The lowest BCUT2D eigenvalue weighted by Gasteiger charge is -2.05. The molecule has 0 unspecified atom stereocenters. The van der Waals surface area contributed by atoms with Gasteiger partial charge in [0.2, 0.25) is 5.91 Å². The van der Waals surface area contributed by atoms with Crippen LogP contribution in [0.25, 0.3) is 11.3 Å². The predicted molar refractivity (Wildman–Crippen MR) is 98.8 cm³/mol. The molecule has 0 aliphatic heterocycles. The van der Waals surface area contributed by atoms with Crippen molar-refractivity contribution < 1.29 is 23.1 Å². The van der Waals surface area contributed by atoms with Gasteiger partial charge in [0.1, 0.15) is 17.3 Å². The minimum absolute atomic E-state index is 0.166. The topological polar surface area (TPSA) is 68.5 Å². The van der Waals surface area contributed by atoms with Gasteiger partial charge in [0.25, 0.3) is 0 Å². The van der Waals surface area contributed by atoms with E-state index in [-0.39, 0.29) is 18.1 Å². The summed E-state index contributed by atoms with van der Waals surface area (Å²) in [6.07, 6.45) is 0.683. The molecule has 0 fully saturated rings. The molecular formula is C21H18FNO4. The van der Waals surface area contributed by atoms with Crippen molar-refractivity contribution in [1.29, 1.82) is 0 Å². The highest BCUT2D eigenvalue weighted by Gasteiger charge is 2.09. The third-order valence-electron chi connectivity index (χ3n) is 3.98. The van der Waals surface area contributed by atoms with Gasteiger partial charge < -0.3 is 14.5 Å². The number of hydrogen-bond acceptors (Lipinski definition) is 4. The summed E-state index contributed by atoms with van der Waals surface area (Å²) in [6.45, 7) is 0. The van der Waals surface area contributed by atoms with E-state index in [4.69, 9.17) is 4.42 Å². The van der Waals surface area contributed by atoms with Gasteiger partial charge in [-0.3, -0.25) is 4.79 Å². The number of ether oxygens (including phenoxy) is 1. The van der Waals surface area contributed by atoms with Crippen molar-refractivity contribution in [3.8, 4) is 11.3 Å². The molecule has 0 saturated carbocycles. The number of hydrogen-bond donors (Lipinski definition) is 1. The van der Waals surface area contributed by atoms with Crippen LogP contribution in [0.1, 0.15) is 22.5 Å². The van der Waals surface area contributed by atoms with Crippen LogP contribution in [-0.4, -0.2) is 19.0 Å². The molecule has 0 radical (unpaired) electrons. The van der Waals surface area contributed by atoms with Crippen LogP contribution in [0.3, 0.4) is 0 Å². The maximum Gasteiger partial charge on any atom is 0.337 e. The SMILES string of the molecule is COC(=O)c1ccc(NC(=O)CCc2ccc(-c3ccc(F)cc3)o2)cc1. The summed E-state index contributed by atoms with van der Waals surface area (Å²) < 4.78 is 23.3. The molecule has 27 heavy (non-hydrogen) atoms. The second kappa shape index (κ2) is 8.31. The predicted octanol–water partition coefficient (Wildman–Crippen LogP) is 4.44. The van der Waals surface area contributed by atoms with Crippen molar-refractivity contribution in [2.45, 2.75) is 12.8 Å². The van der Waals surface area contributed by atoms with Gasteiger partial charge in [0, 0.05) is 24.1 Å². The number of esters is 1. The summed E-state index contributed by atoms with van der Waals surface area (Å²) in [5, 5.41) is 2.77. The minimum atomic E-state index is -0.428. The number of carbonyl (C=O) groups excluding carboxylic acids is 2. The van der Waals surface area contributed by atoms with Crippen molar-refractivity contribution in [2.75, 3.05) is 12.4 Å². The van der Waals surface area contributed by atoms with Crippen LogP contribution >= 0.6 is 0 Å². The van der Waals surface area contributed by atoms with Crippen molar-refractivity contribution >= 4 is 17.6 Å². The summed E-state index contributed by atoms with van der Waals surface area (Å²) >= 11 is 0. The monoisotopic (exact) mass is 367 g/mol. The Kier molecular flexibility index (Phi) is 5.66. The number of rotatable bonds is 6. The number of methoxy groups -OCH3 is 1. The summed E-state index contributed by atoms with van der Waals surface area (Å²) in [5.74, 6) is 0.402. The molecule has 1 amide bonds. The Hall–Kier alpha value is -3.41. The quantitative estimate of drug-likeness (QED) is 0.654. The molecule has 1 aromatic heterocycles. The van der Waals surface area contributed by atoms with Crippen molar-refractivity contribution in [1.82, 2.24) is 0 Å². The highest BCUT2D eigenvalue weighted by Crippen LogP contribution is 2.23. The normalized spacial score (nSPS) is 10.4. The molecule has 1 N–H and O–H groups in total. The molecule has 1 heterocycles. The molecule has 0 saturated heterocycles. The first kappa shape index (κ1) is 18.4. The van der Waals surface area contributed by atoms with E-state index < -0.39 is 5.97 Å². The van der Waals surface area contributed by atoms with E-state index in [1.807, 2.05) is 0 Å². The van der Waals surface area contributed by atoms with E-state index in [2.05, 4.69) is 10.1 Å². The number of nitrogens with one attached hydrogen (secondary N) is 1. The van der Waals surface area contributed by atoms with Gasteiger partial charge >= 0.3 is 5.97 Å². The summed E-state index contributed by atoms with van der Waals surface area (Å²) in [5.41, 5.74) is 1.79. The fraction of sp³-hybridized carbons (Fsp3) is 0.143. The first-order chi connectivity index (χ1) is 13.0. The number of halogens is 1. The Morgan fingerprint density at radius 1 is 1.00 bits per heavy atom. The van der Waals surface area contributed by atoms with E-state index in [0.717, 1.165) is 5.56 Å². The van der Waals surface area contributed by atoms with Gasteiger partial charge in [-0.2, -0.15) is 0 Å². The lowest BCUT2D eigenvalue weighted by atomic mass is 10.2. The number of amides is 1. The molecule has 3 rings (SSSR count).